The molecule has 1 aliphatic rings. The van der Waals surface area contributed by atoms with Crippen LogP contribution in [0.3, 0.4) is 0 Å². The van der Waals surface area contributed by atoms with E-state index in [-0.39, 0.29) is 29.8 Å². The van der Waals surface area contributed by atoms with E-state index in [4.69, 9.17) is 0 Å². The Bertz CT molecular complexity index is 502. The number of aliphatic hydroxyl groups is 1. The second-order valence-corrected chi connectivity index (χ2v) is 6.79. The molecule has 2 atom stereocenters. The smallest absolute Gasteiger partial charge is 0.239 e. The molecule has 22 heavy (non-hydrogen) atoms. The van der Waals surface area contributed by atoms with Crippen LogP contribution in [0.5, 0.6) is 0 Å². The van der Waals surface area contributed by atoms with Gasteiger partial charge < -0.3 is 15.3 Å². The van der Waals surface area contributed by atoms with Crippen LogP contribution in [-0.2, 0) is 10.2 Å². The van der Waals surface area contributed by atoms with E-state index in [1.165, 1.54) is 11.1 Å². The number of aliphatic hydroxyl groups excluding tert-OH is 1. The van der Waals surface area contributed by atoms with Crippen molar-refractivity contribution >= 4 is 18.3 Å². The third-order valence-electron chi connectivity index (χ3n) is 4.25. The van der Waals surface area contributed by atoms with Crippen molar-refractivity contribution in [3.05, 3.63) is 35.4 Å². The predicted molar refractivity (Wildman–Crippen MR) is 91.5 cm³/mol. The summed E-state index contributed by atoms with van der Waals surface area (Å²) in [7, 11) is 1.84. The Labute approximate surface area is 139 Å². The summed E-state index contributed by atoms with van der Waals surface area (Å²) in [5.74, 6) is 0.0618. The summed E-state index contributed by atoms with van der Waals surface area (Å²) in [5.41, 5.74) is 2.37. The number of hydrogen-bond acceptors (Lipinski definition) is 3. The highest BCUT2D eigenvalue weighted by Crippen LogP contribution is 2.25. The maximum Gasteiger partial charge on any atom is 0.239 e. The summed E-state index contributed by atoms with van der Waals surface area (Å²) in [5, 5.41) is 12.6. The zero-order chi connectivity index (χ0) is 15.6. The summed E-state index contributed by atoms with van der Waals surface area (Å²) in [6.45, 7) is 7.54. The summed E-state index contributed by atoms with van der Waals surface area (Å²) >= 11 is 0. The lowest BCUT2D eigenvalue weighted by Gasteiger charge is -2.32. The van der Waals surface area contributed by atoms with Crippen molar-refractivity contribution in [3.8, 4) is 0 Å². The molecule has 0 radical (unpaired) electrons. The molecule has 1 saturated heterocycles. The SMILES string of the molecule is Cc1ccc(C(C)(C)CN(C)C(=O)C2CC(O)CN2)cc1.Cl. The molecule has 1 aromatic rings. The minimum atomic E-state index is -0.405. The maximum absolute atomic E-state index is 12.4. The number of carbonyl (C=O) groups excluding carboxylic acids is 1. The minimum absolute atomic E-state index is 0. The Morgan fingerprint density at radius 3 is 2.45 bits per heavy atom. The number of amides is 1. The number of rotatable bonds is 4. The highest BCUT2D eigenvalue weighted by molar-refractivity contribution is 5.85. The Hall–Kier alpha value is -1.10. The molecule has 0 aromatic heterocycles. The maximum atomic E-state index is 12.4. The second-order valence-electron chi connectivity index (χ2n) is 6.79. The molecule has 2 N–H and O–H groups in total. The van der Waals surface area contributed by atoms with Crippen LogP contribution >= 0.6 is 12.4 Å². The normalized spacial score (nSPS) is 21.3. The number of halogens is 1. The largest absolute Gasteiger partial charge is 0.392 e. The van der Waals surface area contributed by atoms with E-state index >= 15 is 0 Å². The van der Waals surface area contributed by atoms with Crippen LogP contribution in [0.4, 0.5) is 0 Å². The topological polar surface area (TPSA) is 52.6 Å². The van der Waals surface area contributed by atoms with Crippen LogP contribution < -0.4 is 5.32 Å². The van der Waals surface area contributed by atoms with Gasteiger partial charge in [-0.25, -0.2) is 0 Å². The van der Waals surface area contributed by atoms with Crippen molar-refractivity contribution in [2.45, 2.75) is 44.8 Å². The van der Waals surface area contributed by atoms with Gasteiger partial charge in [0.2, 0.25) is 5.91 Å². The zero-order valence-corrected chi connectivity index (χ0v) is 14.6. The van der Waals surface area contributed by atoms with E-state index in [9.17, 15) is 9.90 Å². The van der Waals surface area contributed by atoms with E-state index in [1.54, 1.807) is 4.90 Å². The molecule has 1 amide bonds. The molecule has 4 nitrogen and oxygen atoms in total. The first kappa shape index (κ1) is 18.9. The number of likely N-dealkylation sites (N-methyl/N-ethyl adjacent to an activating group) is 1. The first-order chi connectivity index (χ1) is 9.79. The molecule has 2 unspecified atom stereocenters. The molecule has 0 spiro atoms. The van der Waals surface area contributed by atoms with E-state index in [2.05, 4.69) is 50.4 Å². The summed E-state index contributed by atoms with van der Waals surface area (Å²) in [6, 6.07) is 8.22. The van der Waals surface area contributed by atoms with Gasteiger partial charge in [0.1, 0.15) is 0 Å². The van der Waals surface area contributed by atoms with Gasteiger partial charge in [-0.05, 0) is 18.9 Å². The van der Waals surface area contributed by atoms with Crippen molar-refractivity contribution < 1.29 is 9.90 Å². The summed E-state index contributed by atoms with van der Waals surface area (Å²) in [4.78, 5) is 14.2. The Morgan fingerprint density at radius 1 is 1.36 bits per heavy atom. The molecule has 0 aliphatic carbocycles. The highest BCUT2D eigenvalue weighted by Gasteiger charge is 2.32. The first-order valence-electron chi connectivity index (χ1n) is 7.53. The molecule has 2 rings (SSSR count). The number of aryl methyl sites for hydroxylation is 1. The molecule has 0 saturated carbocycles. The molecular weight excluding hydrogens is 300 g/mol. The number of nitrogens with one attached hydrogen (secondary N) is 1. The Balaban J connectivity index is 0.00000242. The standard InChI is InChI=1S/C17H26N2O2.ClH/c1-12-5-7-13(8-6-12)17(2,3)11-19(4)16(21)15-9-14(20)10-18-15;/h5-8,14-15,18,20H,9-11H2,1-4H3;1H. The van der Waals surface area contributed by atoms with E-state index in [0.717, 1.165) is 0 Å². The fraction of sp³-hybridized carbons (Fsp3) is 0.588. The lowest BCUT2D eigenvalue weighted by atomic mass is 9.83. The van der Waals surface area contributed by atoms with Gasteiger partial charge in [0.25, 0.3) is 0 Å². The first-order valence-corrected chi connectivity index (χ1v) is 7.53. The van der Waals surface area contributed by atoms with Crippen LogP contribution in [0.15, 0.2) is 24.3 Å². The Kier molecular flexibility index (Phi) is 6.41. The van der Waals surface area contributed by atoms with Gasteiger partial charge in [-0.1, -0.05) is 43.7 Å². The van der Waals surface area contributed by atoms with Gasteiger partial charge in [0.15, 0.2) is 0 Å². The van der Waals surface area contributed by atoms with E-state index in [0.29, 0.717) is 19.5 Å². The summed E-state index contributed by atoms with van der Waals surface area (Å²) in [6.07, 6.45) is 0.103. The molecule has 1 heterocycles. The van der Waals surface area contributed by atoms with E-state index in [1.807, 2.05) is 7.05 Å². The molecule has 0 bridgehead atoms. The number of benzene rings is 1. The average molecular weight is 327 g/mol. The van der Waals surface area contributed by atoms with Gasteiger partial charge in [-0.3, -0.25) is 4.79 Å². The Morgan fingerprint density at radius 2 is 1.95 bits per heavy atom. The van der Waals surface area contributed by atoms with Crippen LogP contribution in [0.2, 0.25) is 0 Å². The van der Waals surface area contributed by atoms with Gasteiger partial charge >= 0.3 is 0 Å². The van der Waals surface area contributed by atoms with Crippen LogP contribution in [0.1, 0.15) is 31.4 Å². The quantitative estimate of drug-likeness (QED) is 0.888. The number of hydrogen-bond donors (Lipinski definition) is 2. The van der Waals surface area contributed by atoms with Crippen molar-refractivity contribution in [1.82, 2.24) is 10.2 Å². The van der Waals surface area contributed by atoms with Crippen LogP contribution in [0, 0.1) is 6.92 Å². The molecule has 124 valence electrons. The third kappa shape index (κ3) is 4.45. The third-order valence-corrected chi connectivity index (χ3v) is 4.25. The van der Waals surface area contributed by atoms with Crippen molar-refractivity contribution in [2.75, 3.05) is 20.1 Å². The van der Waals surface area contributed by atoms with Gasteiger partial charge in [-0.15, -0.1) is 12.4 Å². The van der Waals surface area contributed by atoms with Gasteiger partial charge in [0.05, 0.1) is 12.1 Å². The number of nitrogens with zero attached hydrogens (tertiary/aromatic N) is 1. The molecule has 1 fully saturated rings. The van der Waals surface area contributed by atoms with Crippen LogP contribution in [-0.4, -0.2) is 48.2 Å². The number of β-amino-alcohol motifs (C(OH)–C–C–N with tert-alkyl or cyclic N) is 1. The lowest BCUT2D eigenvalue weighted by Crippen LogP contribution is -2.46. The van der Waals surface area contributed by atoms with Gasteiger partial charge in [0, 0.05) is 25.6 Å². The molecule has 1 aliphatic heterocycles. The highest BCUT2D eigenvalue weighted by atomic mass is 35.5. The predicted octanol–water partition coefficient (Wildman–Crippen LogP) is 1.88. The molecule has 1 aromatic carbocycles. The van der Waals surface area contributed by atoms with Crippen molar-refractivity contribution in [3.63, 3.8) is 0 Å². The molecule has 5 heteroatoms. The second kappa shape index (κ2) is 7.44. The lowest BCUT2D eigenvalue weighted by molar-refractivity contribution is -0.132. The average Bonchev–Trinajstić information content (AvgIpc) is 2.84. The fourth-order valence-corrected chi connectivity index (χ4v) is 2.94. The monoisotopic (exact) mass is 326 g/mol. The van der Waals surface area contributed by atoms with Crippen molar-refractivity contribution in [1.29, 1.82) is 0 Å². The number of carbonyl (C=O) groups is 1. The fourth-order valence-electron chi connectivity index (χ4n) is 2.94. The van der Waals surface area contributed by atoms with Crippen molar-refractivity contribution in [2.24, 2.45) is 0 Å². The summed E-state index contributed by atoms with van der Waals surface area (Å²) < 4.78 is 0. The van der Waals surface area contributed by atoms with Crippen LogP contribution in [0.25, 0.3) is 0 Å². The van der Waals surface area contributed by atoms with E-state index < -0.39 is 6.10 Å². The zero-order valence-electron chi connectivity index (χ0n) is 13.8. The molecular formula is C17H27ClN2O2. The minimum Gasteiger partial charge on any atom is -0.392 e. The van der Waals surface area contributed by atoms with Gasteiger partial charge in [-0.2, -0.15) is 0 Å².